The fourth-order valence-electron chi connectivity index (χ4n) is 3.48. The van der Waals surface area contributed by atoms with Crippen LogP contribution in [0.25, 0.3) is 0 Å². The van der Waals surface area contributed by atoms with Crippen molar-refractivity contribution in [2.24, 2.45) is 0 Å². The Morgan fingerprint density at radius 3 is 2.78 bits per heavy atom. The van der Waals surface area contributed by atoms with Gasteiger partial charge in [-0.1, -0.05) is 24.3 Å². The van der Waals surface area contributed by atoms with E-state index in [4.69, 9.17) is 0 Å². The summed E-state index contributed by atoms with van der Waals surface area (Å²) in [5, 5.41) is 5.56. The van der Waals surface area contributed by atoms with Crippen LogP contribution in [0, 0.1) is 5.82 Å². The van der Waals surface area contributed by atoms with Crippen molar-refractivity contribution < 1.29 is 14.0 Å². The number of nitrogens with one attached hydrogen (secondary N) is 2. The molecule has 27 heavy (non-hydrogen) atoms. The topological polar surface area (TPSA) is 61.4 Å². The summed E-state index contributed by atoms with van der Waals surface area (Å²) in [6.45, 7) is 2.49. The quantitative estimate of drug-likeness (QED) is 0.864. The summed E-state index contributed by atoms with van der Waals surface area (Å²) in [6.07, 6.45) is 1.60. The van der Waals surface area contributed by atoms with E-state index >= 15 is 0 Å². The van der Waals surface area contributed by atoms with E-state index in [1.165, 1.54) is 12.1 Å². The Kier molecular flexibility index (Phi) is 5.74. The van der Waals surface area contributed by atoms with Crippen LogP contribution < -0.4 is 10.6 Å². The van der Waals surface area contributed by atoms with Crippen molar-refractivity contribution in [2.45, 2.75) is 32.2 Å². The summed E-state index contributed by atoms with van der Waals surface area (Å²) in [4.78, 5) is 26.1. The molecule has 142 valence electrons. The van der Waals surface area contributed by atoms with Crippen molar-refractivity contribution >= 4 is 17.6 Å². The van der Waals surface area contributed by atoms with Gasteiger partial charge in [-0.3, -0.25) is 4.79 Å². The highest BCUT2D eigenvalue weighted by Crippen LogP contribution is 2.30. The SMILES string of the molecule is CNC(=O)CCc1ccccc1NC(=O)N1CCc2ccc(F)cc2[C@@H]1C. The molecule has 0 spiro atoms. The molecule has 0 saturated heterocycles. The Hall–Kier alpha value is -2.89. The van der Waals surface area contributed by atoms with Gasteiger partial charge in [-0.25, -0.2) is 9.18 Å². The number of fused-ring (bicyclic) bond motifs is 1. The predicted octanol–water partition coefficient (Wildman–Crippen LogP) is 3.66. The van der Waals surface area contributed by atoms with Crippen molar-refractivity contribution in [1.29, 1.82) is 0 Å². The number of carbonyl (C=O) groups excluding carboxylic acids is 2. The molecular formula is C21H24FN3O2. The third-order valence-corrected chi connectivity index (χ3v) is 5.07. The number of hydrogen-bond acceptors (Lipinski definition) is 2. The minimum Gasteiger partial charge on any atom is -0.359 e. The van der Waals surface area contributed by atoms with Gasteiger partial charge in [-0.2, -0.15) is 0 Å². The van der Waals surface area contributed by atoms with Crippen LogP contribution in [-0.2, 0) is 17.6 Å². The number of hydrogen-bond donors (Lipinski definition) is 2. The summed E-state index contributed by atoms with van der Waals surface area (Å²) in [5.74, 6) is -0.332. The number of benzene rings is 2. The summed E-state index contributed by atoms with van der Waals surface area (Å²) in [6, 6.07) is 11.8. The minimum absolute atomic E-state index is 0.0422. The van der Waals surface area contributed by atoms with Gasteiger partial charge in [0.05, 0.1) is 6.04 Å². The first-order chi connectivity index (χ1) is 13.0. The van der Waals surface area contributed by atoms with E-state index in [-0.39, 0.29) is 23.8 Å². The molecule has 6 heteroatoms. The summed E-state index contributed by atoms with van der Waals surface area (Å²) < 4.78 is 13.6. The van der Waals surface area contributed by atoms with Gasteiger partial charge >= 0.3 is 6.03 Å². The van der Waals surface area contributed by atoms with E-state index in [2.05, 4.69) is 10.6 Å². The highest BCUT2D eigenvalue weighted by molar-refractivity contribution is 5.90. The standard InChI is InChI=1S/C21H24FN3O2/c1-14-18-13-17(22)9-7-15(18)11-12-25(14)21(27)24-19-6-4-3-5-16(19)8-10-20(26)23-2/h3-7,9,13-14H,8,10-12H2,1-2H3,(H,23,26)(H,24,27)/t14-/m0/s1. The third-order valence-electron chi connectivity index (χ3n) is 5.07. The molecule has 2 aromatic rings. The number of urea groups is 1. The molecule has 0 aliphatic carbocycles. The van der Waals surface area contributed by atoms with Crippen molar-refractivity contribution in [1.82, 2.24) is 10.2 Å². The molecule has 0 fully saturated rings. The van der Waals surface area contributed by atoms with E-state index in [9.17, 15) is 14.0 Å². The van der Waals surface area contributed by atoms with E-state index < -0.39 is 0 Å². The fourth-order valence-corrected chi connectivity index (χ4v) is 3.48. The lowest BCUT2D eigenvalue weighted by Crippen LogP contribution is -2.41. The number of halogens is 1. The van der Waals surface area contributed by atoms with Gasteiger partial charge in [0.1, 0.15) is 5.82 Å². The average Bonchev–Trinajstić information content (AvgIpc) is 2.67. The number of rotatable bonds is 4. The monoisotopic (exact) mass is 369 g/mol. The molecule has 0 aromatic heterocycles. The zero-order valence-electron chi connectivity index (χ0n) is 15.6. The third kappa shape index (κ3) is 4.27. The van der Waals surface area contributed by atoms with E-state index in [1.54, 1.807) is 18.0 Å². The van der Waals surface area contributed by atoms with Crippen molar-refractivity contribution in [2.75, 3.05) is 18.9 Å². The van der Waals surface area contributed by atoms with E-state index in [0.29, 0.717) is 31.5 Å². The van der Waals surface area contributed by atoms with Gasteiger partial charge in [0.15, 0.2) is 0 Å². The first-order valence-electron chi connectivity index (χ1n) is 9.14. The summed E-state index contributed by atoms with van der Waals surface area (Å²) in [7, 11) is 1.61. The van der Waals surface area contributed by atoms with Crippen LogP contribution in [0.2, 0.25) is 0 Å². The van der Waals surface area contributed by atoms with Crippen LogP contribution in [0.1, 0.15) is 36.1 Å². The van der Waals surface area contributed by atoms with Crippen LogP contribution >= 0.6 is 0 Å². The number of para-hydroxylation sites is 1. The van der Waals surface area contributed by atoms with Gasteiger partial charge in [-0.15, -0.1) is 0 Å². The molecule has 5 nitrogen and oxygen atoms in total. The molecule has 3 rings (SSSR count). The van der Waals surface area contributed by atoms with E-state index in [0.717, 1.165) is 16.7 Å². The normalized spacial score (nSPS) is 15.8. The first kappa shape index (κ1) is 18.9. The largest absolute Gasteiger partial charge is 0.359 e. The lowest BCUT2D eigenvalue weighted by molar-refractivity contribution is -0.120. The molecule has 2 N–H and O–H groups in total. The number of amides is 3. The molecule has 0 radical (unpaired) electrons. The van der Waals surface area contributed by atoms with Crippen LogP contribution in [0.3, 0.4) is 0 Å². The molecule has 0 saturated carbocycles. The molecule has 0 unspecified atom stereocenters. The molecule has 1 aliphatic heterocycles. The van der Waals surface area contributed by atoms with Crippen molar-refractivity contribution in [3.8, 4) is 0 Å². The van der Waals surface area contributed by atoms with Crippen LogP contribution in [0.15, 0.2) is 42.5 Å². The molecule has 3 amide bonds. The van der Waals surface area contributed by atoms with Crippen LogP contribution in [-0.4, -0.2) is 30.4 Å². The van der Waals surface area contributed by atoms with Gasteiger partial charge in [0.2, 0.25) is 5.91 Å². The molecule has 1 heterocycles. The van der Waals surface area contributed by atoms with Crippen LogP contribution in [0.4, 0.5) is 14.9 Å². The Morgan fingerprint density at radius 2 is 2.00 bits per heavy atom. The van der Waals surface area contributed by atoms with Crippen molar-refractivity contribution in [3.63, 3.8) is 0 Å². The number of anilines is 1. The molecule has 0 bridgehead atoms. The first-order valence-corrected chi connectivity index (χ1v) is 9.14. The summed E-state index contributed by atoms with van der Waals surface area (Å²) >= 11 is 0. The fraction of sp³-hybridized carbons (Fsp3) is 0.333. The Bertz CT molecular complexity index is 853. The molecular weight excluding hydrogens is 345 g/mol. The Morgan fingerprint density at radius 1 is 1.22 bits per heavy atom. The van der Waals surface area contributed by atoms with E-state index in [1.807, 2.05) is 31.2 Å². The van der Waals surface area contributed by atoms with Gasteiger partial charge in [0, 0.05) is 25.7 Å². The molecule has 1 aliphatic rings. The molecule has 2 aromatic carbocycles. The van der Waals surface area contributed by atoms with Gasteiger partial charge in [-0.05, 0) is 54.7 Å². The smallest absolute Gasteiger partial charge is 0.322 e. The second-order valence-electron chi connectivity index (χ2n) is 6.72. The zero-order valence-corrected chi connectivity index (χ0v) is 15.6. The van der Waals surface area contributed by atoms with Crippen LogP contribution in [0.5, 0.6) is 0 Å². The maximum Gasteiger partial charge on any atom is 0.322 e. The minimum atomic E-state index is -0.289. The Labute approximate surface area is 158 Å². The number of nitrogens with zero attached hydrogens (tertiary/aromatic N) is 1. The maximum absolute atomic E-state index is 13.6. The second-order valence-corrected chi connectivity index (χ2v) is 6.72. The second kappa shape index (κ2) is 8.20. The van der Waals surface area contributed by atoms with Gasteiger partial charge < -0.3 is 15.5 Å². The average molecular weight is 369 g/mol. The summed E-state index contributed by atoms with van der Waals surface area (Å²) in [5.41, 5.74) is 3.54. The highest BCUT2D eigenvalue weighted by Gasteiger charge is 2.28. The molecule has 1 atom stereocenters. The predicted molar refractivity (Wildman–Crippen MR) is 103 cm³/mol. The van der Waals surface area contributed by atoms with Crippen molar-refractivity contribution in [3.05, 3.63) is 65.0 Å². The maximum atomic E-state index is 13.6. The van der Waals surface area contributed by atoms with Gasteiger partial charge in [0.25, 0.3) is 0 Å². The number of carbonyl (C=O) groups is 2. The zero-order chi connectivity index (χ0) is 19.4. The lowest BCUT2D eigenvalue weighted by Gasteiger charge is -2.35. The number of aryl methyl sites for hydroxylation is 1. The highest BCUT2D eigenvalue weighted by atomic mass is 19.1. The lowest BCUT2D eigenvalue weighted by atomic mass is 9.93. The Balaban J connectivity index is 1.73.